The Balaban J connectivity index is 1.57. The van der Waals surface area contributed by atoms with E-state index in [9.17, 15) is 9.59 Å². The first-order valence-electron chi connectivity index (χ1n) is 9.48. The fourth-order valence-electron chi connectivity index (χ4n) is 5.05. The molecule has 1 aromatic carbocycles. The maximum atomic E-state index is 12.5. The summed E-state index contributed by atoms with van der Waals surface area (Å²) >= 11 is 0. The predicted octanol–water partition coefficient (Wildman–Crippen LogP) is 3.63. The fraction of sp³-hybridized carbons (Fsp3) is 0.455. The van der Waals surface area contributed by atoms with Crippen molar-refractivity contribution in [2.45, 2.75) is 20.3 Å². The highest BCUT2D eigenvalue weighted by molar-refractivity contribution is 6.03. The molecule has 1 aromatic rings. The first kappa shape index (κ1) is 17.1. The van der Waals surface area contributed by atoms with E-state index in [1.54, 1.807) is 13.8 Å². The van der Waals surface area contributed by atoms with Crippen molar-refractivity contribution in [1.29, 1.82) is 0 Å². The molecule has 0 saturated heterocycles. The van der Waals surface area contributed by atoms with Gasteiger partial charge in [0.25, 0.3) is 0 Å². The van der Waals surface area contributed by atoms with Crippen molar-refractivity contribution in [2.24, 2.45) is 29.6 Å². The Morgan fingerprint density at radius 2 is 1.50 bits per heavy atom. The van der Waals surface area contributed by atoms with Crippen LogP contribution in [0.2, 0.25) is 0 Å². The molecule has 3 aliphatic rings. The maximum absolute atomic E-state index is 12.5. The van der Waals surface area contributed by atoms with E-state index in [-0.39, 0.29) is 23.8 Å². The molecular formula is C22H24O4. The van der Waals surface area contributed by atoms with Crippen LogP contribution in [0.3, 0.4) is 0 Å². The molecule has 0 radical (unpaired) electrons. The summed E-state index contributed by atoms with van der Waals surface area (Å²) in [5.41, 5.74) is 2.35. The number of hydrogen-bond donors (Lipinski definition) is 0. The lowest BCUT2D eigenvalue weighted by molar-refractivity contribution is -0.142. The Bertz CT molecular complexity index is 737. The quantitative estimate of drug-likeness (QED) is 0.734. The molecule has 2 saturated carbocycles. The molecule has 5 atom stereocenters. The standard InChI is InChI=1S/C22H24O4/c1-3-25-21(23)19-15-12-16(20(19)22(24)26-4-2)18-14(17(15)18)11-10-13-8-6-5-7-9-13/h5-11,14-18H,3-4,12H2,1-2H3/b11-10+/t14?,15-,16+,17+,18-. The molecule has 0 amide bonds. The number of esters is 2. The van der Waals surface area contributed by atoms with E-state index in [2.05, 4.69) is 24.3 Å². The van der Waals surface area contributed by atoms with Crippen LogP contribution in [-0.4, -0.2) is 25.2 Å². The summed E-state index contributed by atoms with van der Waals surface area (Å²) in [5.74, 6) is 0.937. The van der Waals surface area contributed by atoms with Crippen molar-refractivity contribution in [2.75, 3.05) is 13.2 Å². The predicted molar refractivity (Wildman–Crippen MR) is 97.8 cm³/mol. The lowest BCUT2D eigenvalue weighted by atomic mass is 9.92. The zero-order chi connectivity index (χ0) is 18.3. The van der Waals surface area contributed by atoms with E-state index in [1.807, 2.05) is 18.2 Å². The molecule has 0 aromatic heterocycles. The van der Waals surface area contributed by atoms with E-state index in [0.29, 0.717) is 42.1 Å². The van der Waals surface area contributed by atoms with Crippen LogP contribution >= 0.6 is 0 Å². The van der Waals surface area contributed by atoms with Crippen molar-refractivity contribution < 1.29 is 19.1 Å². The van der Waals surface area contributed by atoms with Gasteiger partial charge in [0.15, 0.2) is 0 Å². The molecule has 0 heterocycles. The molecule has 2 bridgehead atoms. The summed E-state index contributed by atoms with van der Waals surface area (Å²) < 4.78 is 10.5. The minimum Gasteiger partial charge on any atom is -0.463 e. The lowest BCUT2D eigenvalue weighted by Crippen LogP contribution is -2.22. The molecular weight excluding hydrogens is 328 g/mol. The minimum absolute atomic E-state index is 0.133. The number of rotatable bonds is 6. The molecule has 4 nitrogen and oxygen atoms in total. The Kier molecular flexibility index (Phi) is 4.43. The highest BCUT2D eigenvalue weighted by atomic mass is 16.5. The first-order chi connectivity index (χ1) is 12.7. The van der Waals surface area contributed by atoms with Gasteiger partial charge in [0.05, 0.1) is 24.4 Å². The maximum Gasteiger partial charge on any atom is 0.334 e. The lowest BCUT2D eigenvalue weighted by Gasteiger charge is -2.16. The van der Waals surface area contributed by atoms with E-state index < -0.39 is 0 Å². The van der Waals surface area contributed by atoms with Crippen molar-refractivity contribution in [1.82, 2.24) is 0 Å². The van der Waals surface area contributed by atoms with Crippen molar-refractivity contribution in [3.05, 3.63) is 53.1 Å². The van der Waals surface area contributed by atoms with Crippen LogP contribution in [0, 0.1) is 29.6 Å². The van der Waals surface area contributed by atoms with Gasteiger partial charge < -0.3 is 9.47 Å². The third-order valence-electron chi connectivity index (χ3n) is 5.96. The van der Waals surface area contributed by atoms with Gasteiger partial charge in [0, 0.05) is 0 Å². The summed E-state index contributed by atoms with van der Waals surface area (Å²) in [6, 6.07) is 10.2. The number of ether oxygens (including phenoxy) is 2. The Morgan fingerprint density at radius 1 is 0.962 bits per heavy atom. The van der Waals surface area contributed by atoms with Gasteiger partial charge in [0.1, 0.15) is 0 Å². The number of hydrogen-bond acceptors (Lipinski definition) is 4. The number of benzene rings is 1. The van der Waals surface area contributed by atoms with Crippen LogP contribution in [0.5, 0.6) is 0 Å². The molecule has 136 valence electrons. The molecule has 0 spiro atoms. The molecule has 4 rings (SSSR count). The molecule has 4 heteroatoms. The van der Waals surface area contributed by atoms with Crippen molar-refractivity contribution in [3.8, 4) is 0 Å². The summed E-state index contributed by atoms with van der Waals surface area (Å²) in [5, 5.41) is 0. The van der Waals surface area contributed by atoms with Gasteiger partial charge in [0.2, 0.25) is 0 Å². The Labute approximate surface area is 153 Å². The molecule has 0 N–H and O–H groups in total. The van der Waals surface area contributed by atoms with E-state index >= 15 is 0 Å². The summed E-state index contributed by atoms with van der Waals surface area (Å²) in [6.45, 7) is 4.23. The zero-order valence-electron chi connectivity index (χ0n) is 15.2. The van der Waals surface area contributed by atoms with Gasteiger partial charge >= 0.3 is 11.9 Å². The summed E-state index contributed by atoms with van der Waals surface area (Å²) in [6.07, 6.45) is 5.28. The number of allylic oxidation sites excluding steroid dienone is 1. The van der Waals surface area contributed by atoms with E-state index in [1.165, 1.54) is 5.56 Å². The van der Waals surface area contributed by atoms with Crippen LogP contribution in [0.4, 0.5) is 0 Å². The van der Waals surface area contributed by atoms with Gasteiger partial charge in [-0.3, -0.25) is 0 Å². The Hall–Kier alpha value is -2.36. The zero-order valence-corrected chi connectivity index (χ0v) is 15.2. The van der Waals surface area contributed by atoms with Crippen LogP contribution in [0.1, 0.15) is 25.8 Å². The fourth-order valence-corrected chi connectivity index (χ4v) is 5.05. The second kappa shape index (κ2) is 6.75. The monoisotopic (exact) mass is 352 g/mol. The SMILES string of the molecule is CCOC(=O)C1=C(C(=O)OCC)[C@@H]2C[C@H]1[C@H]1C(/C=C/c3ccccc3)[C@H]12. The highest BCUT2D eigenvalue weighted by Gasteiger charge is 2.68. The molecule has 26 heavy (non-hydrogen) atoms. The van der Waals surface area contributed by atoms with E-state index in [0.717, 1.165) is 6.42 Å². The first-order valence-corrected chi connectivity index (χ1v) is 9.48. The van der Waals surface area contributed by atoms with Gasteiger partial charge in [-0.15, -0.1) is 0 Å². The van der Waals surface area contributed by atoms with Crippen LogP contribution in [-0.2, 0) is 19.1 Å². The van der Waals surface area contributed by atoms with Gasteiger partial charge in [-0.1, -0.05) is 42.5 Å². The number of fused-ring (bicyclic) bond motifs is 5. The Morgan fingerprint density at radius 3 is 2.00 bits per heavy atom. The molecule has 3 aliphatic carbocycles. The van der Waals surface area contributed by atoms with Crippen molar-refractivity contribution in [3.63, 3.8) is 0 Å². The van der Waals surface area contributed by atoms with Gasteiger partial charge in [-0.2, -0.15) is 0 Å². The normalized spacial score (nSPS) is 31.2. The smallest absolute Gasteiger partial charge is 0.334 e. The van der Waals surface area contributed by atoms with Crippen molar-refractivity contribution >= 4 is 18.0 Å². The van der Waals surface area contributed by atoms with Gasteiger partial charge in [-0.05, 0) is 55.4 Å². The minimum atomic E-state index is -0.334. The third-order valence-corrected chi connectivity index (χ3v) is 5.96. The van der Waals surface area contributed by atoms with Crippen LogP contribution in [0.15, 0.2) is 47.6 Å². The third kappa shape index (κ3) is 2.68. The molecule has 0 aliphatic heterocycles. The topological polar surface area (TPSA) is 52.6 Å². The molecule has 1 unspecified atom stereocenters. The summed E-state index contributed by atoms with van der Waals surface area (Å²) in [4.78, 5) is 25.0. The van der Waals surface area contributed by atoms with Gasteiger partial charge in [-0.25, -0.2) is 9.59 Å². The van der Waals surface area contributed by atoms with Crippen LogP contribution in [0.25, 0.3) is 6.08 Å². The number of carbonyl (C=O) groups is 2. The van der Waals surface area contributed by atoms with E-state index in [4.69, 9.17) is 9.47 Å². The highest BCUT2D eigenvalue weighted by Crippen LogP contribution is 2.71. The second-order valence-corrected chi connectivity index (χ2v) is 7.22. The average Bonchev–Trinajstić information content (AvgIpc) is 3.07. The summed E-state index contributed by atoms with van der Waals surface area (Å²) in [7, 11) is 0. The van der Waals surface area contributed by atoms with Crippen LogP contribution < -0.4 is 0 Å². The second-order valence-electron chi connectivity index (χ2n) is 7.22. The molecule has 2 fully saturated rings. The largest absolute Gasteiger partial charge is 0.463 e. The average molecular weight is 352 g/mol. The number of carbonyl (C=O) groups excluding carboxylic acids is 2.